The fourth-order valence-electron chi connectivity index (χ4n) is 5.77. The lowest BCUT2D eigenvalue weighted by atomic mass is 9.89. The molecule has 0 bridgehead atoms. The number of anilines is 2. The molecule has 1 aliphatic heterocycles. The second-order valence-electron chi connectivity index (χ2n) is 11.7. The predicted octanol–water partition coefficient (Wildman–Crippen LogP) is 3.57. The van der Waals surface area contributed by atoms with Crippen LogP contribution in [0.1, 0.15) is 53.7 Å². The SMILES string of the molecule is CN1CCC(N(C)C(=O)c2ccc(Nc3ncc(C(F)(F)F)c(C[C@@H]4CCC[C@@H]4C(=O)NCC(=O)N(C)C)n3)cc2)CC1. The van der Waals surface area contributed by atoms with Gasteiger partial charge in [0, 0.05) is 50.6 Å². The highest BCUT2D eigenvalue weighted by Crippen LogP contribution is 2.38. The summed E-state index contributed by atoms with van der Waals surface area (Å²) in [5.41, 5.74) is -0.0953. The molecule has 10 nitrogen and oxygen atoms in total. The van der Waals surface area contributed by atoms with Gasteiger partial charge in [-0.1, -0.05) is 6.42 Å². The highest BCUT2D eigenvalue weighted by molar-refractivity contribution is 5.94. The van der Waals surface area contributed by atoms with Crippen molar-refractivity contribution in [2.45, 2.75) is 50.7 Å². The van der Waals surface area contributed by atoms with Gasteiger partial charge in [-0.25, -0.2) is 9.97 Å². The Hall–Kier alpha value is -3.74. The maximum Gasteiger partial charge on any atom is 0.419 e. The van der Waals surface area contributed by atoms with Crippen molar-refractivity contribution in [2.24, 2.45) is 11.8 Å². The zero-order chi connectivity index (χ0) is 31.3. The van der Waals surface area contributed by atoms with E-state index in [4.69, 9.17) is 0 Å². The summed E-state index contributed by atoms with van der Waals surface area (Å²) in [7, 11) is 7.03. The third-order valence-electron chi connectivity index (χ3n) is 8.48. The molecule has 1 saturated carbocycles. The molecule has 0 unspecified atom stereocenters. The third kappa shape index (κ3) is 8.21. The molecule has 2 N–H and O–H groups in total. The number of benzene rings is 1. The molecule has 2 atom stereocenters. The Bertz CT molecular complexity index is 1290. The van der Waals surface area contributed by atoms with Crippen LogP contribution in [-0.2, 0) is 22.2 Å². The number of aromatic nitrogens is 2. The van der Waals surface area contributed by atoms with Gasteiger partial charge in [0.2, 0.25) is 17.8 Å². The molecule has 0 spiro atoms. The van der Waals surface area contributed by atoms with E-state index in [1.54, 1.807) is 43.3 Å². The molecule has 234 valence electrons. The van der Waals surface area contributed by atoms with Crippen molar-refractivity contribution in [3.05, 3.63) is 47.3 Å². The molecule has 2 heterocycles. The lowest BCUT2D eigenvalue weighted by Crippen LogP contribution is -2.44. The van der Waals surface area contributed by atoms with Crippen LogP contribution in [-0.4, -0.2) is 96.3 Å². The summed E-state index contributed by atoms with van der Waals surface area (Å²) in [6, 6.07) is 6.85. The van der Waals surface area contributed by atoms with Gasteiger partial charge in [-0.05, 0) is 82.4 Å². The molecule has 1 aromatic carbocycles. The van der Waals surface area contributed by atoms with E-state index in [0.717, 1.165) is 32.1 Å². The van der Waals surface area contributed by atoms with E-state index in [1.807, 2.05) is 7.05 Å². The molecule has 1 aromatic heterocycles. The van der Waals surface area contributed by atoms with Crippen LogP contribution in [0.4, 0.5) is 24.8 Å². The maximum absolute atomic E-state index is 13.9. The van der Waals surface area contributed by atoms with Gasteiger partial charge in [-0.2, -0.15) is 13.2 Å². The summed E-state index contributed by atoms with van der Waals surface area (Å²) in [6.45, 7) is 1.71. The van der Waals surface area contributed by atoms with Crippen LogP contribution in [0.5, 0.6) is 0 Å². The summed E-state index contributed by atoms with van der Waals surface area (Å²) < 4.78 is 41.7. The van der Waals surface area contributed by atoms with Gasteiger partial charge in [0.15, 0.2) is 0 Å². The normalized spacial score (nSPS) is 19.6. The maximum atomic E-state index is 13.9. The molecule has 0 radical (unpaired) electrons. The molecule has 1 aliphatic carbocycles. The molecule has 43 heavy (non-hydrogen) atoms. The highest BCUT2D eigenvalue weighted by Gasteiger charge is 2.39. The molecule has 13 heteroatoms. The molecule has 2 aliphatic rings. The smallest absolute Gasteiger partial charge is 0.347 e. The summed E-state index contributed by atoms with van der Waals surface area (Å²) in [6.07, 6.45) is -0.332. The number of carbonyl (C=O) groups is 3. The minimum atomic E-state index is -4.66. The van der Waals surface area contributed by atoms with Crippen molar-refractivity contribution < 1.29 is 27.6 Å². The molecule has 4 rings (SSSR count). The second-order valence-corrected chi connectivity index (χ2v) is 11.7. The number of nitrogens with one attached hydrogen (secondary N) is 2. The molecule has 3 amide bonds. The number of alkyl halides is 3. The summed E-state index contributed by atoms with van der Waals surface area (Å²) >= 11 is 0. The van der Waals surface area contributed by atoms with Gasteiger partial charge in [0.05, 0.1) is 17.8 Å². The van der Waals surface area contributed by atoms with Crippen LogP contribution in [0.2, 0.25) is 0 Å². The third-order valence-corrected chi connectivity index (χ3v) is 8.48. The first kappa shape index (κ1) is 32.2. The summed E-state index contributed by atoms with van der Waals surface area (Å²) in [5, 5.41) is 5.57. The van der Waals surface area contributed by atoms with E-state index < -0.39 is 17.7 Å². The number of likely N-dealkylation sites (N-methyl/N-ethyl adjacent to an activating group) is 1. The second kappa shape index (κ2) is 13.7. The van der Waals surface area contributed by atoms with E-state index in [0.29, 0.717) is 30.5 Å². The Balaban J connectivity index is 1.45. The average molecular weight is 604 g/mol. The monoisotopic (exact) mass is 603 g/mol. The Kier molecular flexibility index (Phi) is 10.3. The zero-order valence-electron chi connectivity index (χ0n) is 25.1. The van der Waals surface area contributed by atoms with E-state index in [1.165, 1.54) is 4.90 Å². The number of hydrogen-bond acceptors (Lipinski definition) is 7. The number of hydrogen-bond donors (Lipinski definition) is 2. The van der Waals surface area contributed by atoms with Gasteiger partial charge in [-0.3, -0.25) is 14.4 Å². The quantitative estimate of drug-likeness (QED) is 0.451. The van der Waals surface area contributed by atoms with E-state index >= 15 is 0 Å². The molecular formula is C30H40F3N7O3. The van der Waals surface area contributed by atoms with Gasteiger partial charge in [-0.15, -0.1) is 0 Å². The fraction of sp³-hybridized carbons (Fsp3) is 0.567. The Morgan fingerprint density at radius 3 is 2.33 bits per heavy atom. The number of rotatable bonds is 9. The minimum Gasteiger partial charge on any atom is -0.347 e. The molecule has 1 saturated heterocycles. The van der Waals surface area contributed by atoms with Crippen molar-refractivity contribution in [1.82, 2.24) is 30.0 Å². The van der Waals surface area contributed by atoms with Crippen molar-refractivity contribution >= 4 is 29.4 Å². The van der Waals surface area contributed by atoms with Crippen LogP contribution in [0.3, 0.4) is 0 Å². The number of amides is 3. The van der Waals surface area contributed by atoms with Gasteiger partial charge in [0.25, 0.3) is 5.91 Å². The van der Waals surface area contributed by atoms with Crippen LogP contribution < -0.4 is 10.6 Å². The van der Waals surface area contributed by atoms with E-state index in [-0.39, 0.29) is 54.3 Å². The standard InChI is InChI=1S/C30H40F3N7O3/c1-38(2)26(41)18-34-27(42)23-7-5-6-20(23)16-25-24(30(31,32)33)17-35-29(37-25)36-21-10-8-19(9-11-21)28(43)40(4)22-12-14-39(3)15-13-22/h8-11,17,20,22-23H,5-7,12-16,18H2,1-4H3,(H,34,42)(H,35,36,37)/t20-,23-/m0/s1. The molecule has 2 fully saturated rings. The number of carbonyl (C=O) groups excluding carboxylic acids is 3. The van der Waals surface area contributed by atoms with Crippen LogP contribution in [0.25, 0.3) is 0 Å². The number of piperidine rings is 1. The first-order valence-electron chi connectivity index (χ1n) is 14.6. The Morgan fingerprint density at radius 1 is 1.02 bits per heavy atom. The lowest BCUT2D eigenvalue weighted by Gasteiger charge is -2.35. The van der Waals surface area contributed by atoms with Gasteiger partial charge >= 0.3 is 6.18 Å². The van der Waals surface area contributed by atoms with Crippen LogP contribution >= 0.6 is 0 Å². The largest absolute Gasteiger partial charge is 0.419 e. The lowest BCUT2D eigenvalue weighted by molar-refractivity contribution is -0.138. The number of likely N-dealkylation sites (tertiary alicyclic amines) is 1. The number of halogens is 3. The van der Waals surface area contributed by atoms with Crippen molar-refractivity contribution in [3.63, 3.8) is 0 Å². The molecule has 2 aromatic rings. The average Bonchev–Trinajstić information content (AvgIpc) is 3.43. The highest BCUT2D eigenvalue weighted by atomic mass is 19.4. The van der Waals surface area contributed by atoms with Crippen molar-refractivity contribution in [2.75, 3.05) is 53.1 Å². The van der Waals surface area contributed by atoms with Crippen LogP contribution in [0.15, 0.2) is 30.5 Å². The number of nitrogens with zero attached hydrogens (tertiary/aromatic N) is 5. The van der Waals surface area contributed by atoms with Gasteiger partial charge in [0.1, 0.15) is 0 Å². The van der Waals surface area contributed by atoms with E-state index in [9.17, 15) is 27.6 Å². The van der Waals surface area contributed by atoms with Crippen molar-refractivity contribution in [3.8, 4) is 0 Å². The fourth-order valence-corrected chi connectivity index (χ4v) is 5.77. The van der Waals surface area contributed by atoms with Crippen LogP contribution in [0, 0.1) is 11.8 Å². The van der Waals surface area contributed by atoms with Gasteiger partial charge < -0.3 is 25.3 Å². The summed E-state index contributed by atoms with van der Waals surface area (Å²) in [4.78, 5) is 51.2. The van der Waals surface area contributed by atoms with Crippen molar-refractivity contribution in [1.29, 1.82) is 0 Å². The first-order chi connectivity index (χ1) is 20.3. The molecular weight excluding hydrogens is 563 g/mol. The Morgan fingerprint density at radius 2 is 1.70 bits per heavy atom. The first-order valence-corrected chi connectivity index (χ1v) is 14.6. The predicted molar refractivity (Wildman–Crippen MR) is 156 cm³/mol. The zero-order valence-corrected chi connectivity index (χ0v) is 25.1. The minimum absolute atomic E-state index is 0.0129. The Labute approximate surface area is 250 Å². The van der Waals surface area contributed by atoms with E-state index in [2.05, 4.69) is 32.5 Å². The topological polar surface area (TPSA) is 111 Å². The summed E-state index contributed by atoms with van der Waals surface area (Å²) in [5.74, 6) is -1.58.